The highest BCUT2D eigenvalue weighted by Gasteiger charge is 2.38. The molecule has 0 saturated heterocycles. The Morgan fingerprint density at radius 3 is 1.48 bits per heavy atom. The van der Waals surface area contributed by atoms with Crippen LogP contribution in [0.3, 0.4) is 0 Å². The van der Waals surface area contributed by atoms with Crippen molar-refractivity contribution >= 4 is 46.6 Å². The summed E-state index contributed by atoms with van der Waals surface area (Å²) in [5, 5.41) is 13.4. The van der Waals surface area contributed by atoms with E-state index in [9.17, 15) is 29.1 Å². The summed E-state index contributed by atoms with van der Waals surface area (Å²) in [5.74, 6) is -3.95. The molecule has 2 aliphatic carbocycles. The molecule has 0 spiro atoms. The van der Waals surface area contributed by atoms with Crippen LogP contribution in [0, 0.1) is 11.8 Å². The van der Waals surface area contributed by atoms with Crippen molar-refractivity contribution in [3.8, 4) is 0 Å². The molecule has 0 aromatic heterocycles. The zero-order valence-electron chi connectivity index (χ0n) is 30.2. The van der Waals surface area contributed by atoms with Crippen LogP contribution in [0.1, 0.15) is 33.3 Å². The van der Waals surface area contributed by atoms with Crippen molar-refractivity contribution in [1.29, 1.82) is 0 Å². The molecule has 1 aromatic rings. The highest BCUT2D eigenvalue weighted by atomic mass is 16.5. The highest BCUT2D eigenvalue weighted by Crippen LogP contribution is 2.41. The minimum atomic E-state index is -0.868. The van der Waals surface area contributed by atoms with Gasteiger partial charge in [-0.3, -0.25) is 4.79 Å². The summed E-state index contributed by atoms with van der Waals surface area (Å²) in [6.45, 7) is 21.9. The van der Waals surface area contributed by atoms with Crippen molar-refractivity contribution in [1.82, 2.24) is 0 Å². The predicted molar refractivity (Wildman–Crippen MR) is 194 cm³/mol. The van der Waals surface area contributed by atoms with Crippen LogP contribution in [0.15, 0.2) is 103 Å². The molecule has 0 radical (unpaired) electrons. The van der Waals surface area contributed by atoms with Gasteiger partial charge in [0, 0.05) is 57.5 Å². The minimum Gasteiger partial charge on any atom is -0.874 e. The molecule has 12 nitrogen and oxygen atoms in total. The fraction of sp³-hybridized carbons (Fsp3) is 0.350. The second-order valence-corrected chi connectivity index (χ2v) is 12.5. The van der Waals surface area contributed by atoms with Crippen LogP contribution in [0.5, 0.6) is 0 Å². The number of rotatable bonds is 19. The minimum absolute atomic E-state index is 0.0577. The number of nitrogens with zero attached hydrogens (tertiary/aromatic N) is 2. The lowest BCUT2D eigenvalue weighted by Crippen LogP contribution is -2.41. The van der Waals surface area contributed by atoms with Gasteiger partial charge in [0.15, 0.2) is 37.8 Å². The Morgan fingerprint density at radius 2 is 1.10 bits per heavy atom. The Bertz CT molecular complexity index is 1680. The maximum atomic E-state index is 13.4. The number of carbonyl (C=O) groups is 5. The number of benzene rings is 1. The number of carbonyl (C=O) groups excluding carboxylic acids is 5. The van der Waals surface area contributed by atoms with Crippen LogP contribution < -0.4 is 10.0 Å². The Kier molecular flexibility index (Phi) is 14.9. The molecule has 1 atom stereocenters. The Balaban J connectivity index is 1.73. The summed E-state index contributed by atoms with van der Waals surface area (Å²) < 4.78 is 22.8. The van der Waals surface area contributed by atoms with E-state index in [4.69, 9.17) is 18.9 Å². The standard InChI is InChI=1S/C40H46N2O10/c1-25(2)37(45)49-21-17-41(18-22-50-38(46)26(3)4)31-13-9-29(10-14-31)33-35(43)34(36(33)44)30-11-15-32(16-12-30)42(19-23-51-39(47)27(5)6)20-24-52-40(48)28(7)8/h9-16,29,33H,1,3,5,7,17-24H2,2,4,6,8H3. The van der Waals surface area contributed by atoms with E-state index in [1.54, 1.807) is 76.3 Å². The summed E-state index contributed by atoms with van der Waals surface area (Å²) in [6.07, 6.45) is 7.13. The monoisotopic (exact) mass is 714 g/mol. The van der Waals surface area contributed by atoms with Crippen molar-refractivity contribution in [2.45, 2.75) is 27.7 Å². The van der Waals surface area contributed by atoms with Crippen LogP contribution >= 0.6 is 0 Å². The molecular weight excluding hydrogens is 668 g/mol. The fourth-order valence-corrected chi connectivity index (χ4v) is 5.15. The SMILES string of the molecule is C=C(C)C(=O)OCCN(CCOC(=O)C(=C)C)c1ccc(C2=C([O-])C(C3C=CC(=[N+](CCOC(=O)C(=C)C)CCOC(=O)C(=C)C)C=C3)C2=O)cc1. The highest BCUT2D eigenvalue weighted by molar-refractivity contribution is 6.29. The molecule has 1 aromatic carbocycles. The lowest BCUT2D eigenvalue weighted by atomic mass is 9.71. The van der Waals surface area contributed by atoms with E-state index in [2.05, 4.69) is 26.3 Å². The van der Waals surface area contributed by atoms with Crippen molar-refractivity contribution in [3.63, 3.8) is 0 Å². The third kappa shape index (κ3) is 11.1. The van der Waals surface area contributed by atoms with E-state index in [1.165, 1.54) is 0 Å². The fourth-order valence-electron chi connectivity index (χ4n) is 5.15. The number of allylic oxidation sites excluding steroid dienone is 6. The summed E-state index contributed by atoms with van der Waals surface area (Å²) in [5.41, 5.74) is 3.11. The molecule has 1 unspecified atom stereocenters. The maximum absolute atomic E-state index is 13.4. The molecule has 52 heavy (non-hydrogen) atoms. The van der Waals surface area contributed by atoms with Gasteiger partial charge in [0.2, 0.25) is 0 Å². The summed E-state index contributed by atoms with van der Waals surface area (Å²) in [6, 6.07) is 6.85. The molecule has 0 saturated carbocycles. The van der Waals surface area contributed by atoms with E-state index in [0.29, 0.717) is 24.3 Å². The van der Waals surface area contributed by atoms with Crippen LogP contribution in [-0.4, -0.2) is 92.6 Å². The summed E-state index contributed by atoms with van der Waals surface area (Å²) in [4.78, 5) is 62.7. The molecule has 0 fully saturated rings. The number of esters is 4. The van der Waals surface area contributed by atoms with Crippen molar-refractivity contribution < 1.29 is 52.6 Å². The Hall–Kier alpha value is -5.78. The molecule has 2 aliphatic rings. The second kappa shape index (κ2) is 19.0. The molecule has 0 aliphatic heterocycles. The van der Waals surface area contributed by atoms with Crippen LogP contribution in [0.25, 0.3) is 5.57 Å². The van der Waals surface area contributed by atoms with E-state index >= 15 is 0 Å². The van der Waals surface area contributed by atoms with Gasteiger partial charge in [-0.1, -0.05) is 50.6 Å². The van der Waals surface area contributed by atoms with E-state index < -0.39 is 35.7 Å². The largest absolute Gasteiger partial charge is 0.874 e. The smallest absolute Gasteiger partial charge is 0.333 e. The number of hydrogen-bond donors (Lipinski definition) is 0. The molecule has 0 heterocycles. The van der Waals surface area contributed by atoms with Gasteiger partial charge in [0.25, 0.3) is 0 Å². The molecule has 276 valence electrons. The third-order valence-corrected chi connectivity index (χ3v) is 8.08. The molecule has 0 N–H and O–H groups in total. The van der Waals surface area contributed by atoms with Crippen LogP contribution in [-0.2, 0) is 42.9 Å². The lowest BCUT2D eigenvalue weighted by molar-refractivity contribution is -0.530. The van der Waals surface area contributed by atoms with Gasteiger partial charge in [-0.25, -0.2) is 23.8 Å². The Labute approximate surface area is 304 Å². The van der Waals surface area contributed by atoms with Gasteiger partial charge < -0.3 is 29.0 Å². The number of anilines is 1. The van der Waals surface area contributed by atoms with Crippen molar-refractivity contribution in [2.24, 2.45) is 11.8 Å². The van der Waals surface area contributed by atoms with Gasteiger partial charge in [-0.2, -0.15) is 0 Å². The van der Waals surface area contributed by atoms with E-state index in [-0.39, 0.29) is 78.9 Å². The molecule has 0 bridgehead atoms. The first-order valence-electron chi connectivity index (χ1n) is 16.7. The molecule has 0 amide bonds. The normalized spacial score (nSPS) is 16.0. The average Bonchev–Trinajstić information content (AvgIpc) is 3.10. The van der Waals surface area contributed by atoms with Crippen LogP contribution in [0.2, 0.25) is 0 Å². The second-order valence-electron chi connectivity index (χ2n) is 12.5. The molecule has 3 rings (SSSR count). The van der Waals surface area contributed by atoms with Crippen molar-refractivity contribution in [3.05, 3.63) is 109 Å². The van der Waals surface area contributed by atoms with Crippen LogP contribution in [0.4, 0.5) is 5.69 Å². The first-order chi connectivity index (χ1) is 24.6. The number of hydrogen-bond acceptors (Lipinski definition) is 11. The molecule has 12 heteroatoms. The summed E-state index contributed by atoms with van der Waals surface area (Å²) >= 11 is 0. The third-order valence-electron chi connectivity index (χ3n) is 8.08. The lowest BCUT2D eigenvalue weighted by Gasteiger charge is -2.40. The number of Topliss-reactive ketones (excluding diaryl/α,β-unsaturated/α-hetero) is 1. The van der Waals surface area contributed by atoms with Gasteiger partial charge in [0.1, 0.15) is 13.2 Å². The topological polar surface area (TPSA) is 152 Å². The van der Waals surface area contributed by atoms with Gasteiger partial charge >= 0.3 is 23.9 Å². The van der Waals surface area contributed by atoms with Crippen molar-refractivity contribution in [2.75, 3.05) is 57.5 Å². The maximum Gasteiger partial charge on any atom is 0.333 e. The van der Waals surface area contributed by atoms with E-state index in [1.807, 2.05) is 9.48 Å². The Morgan fingerprint density at radius 1 is 0.692 bits per heavy atom. The average molecular weight is 715 g/mol. The zero-order chi connectivity index (χ0) is 38.5. The quantitative estimate of drug-likeness (QED) is 0.0897. The first-order valence-corrected chi connectivity index (χ1v) is 16.7. The summed E-state index contributed by atoms with van der Waals surface area (Å²) in [7, 11) is 0. The van der Waals surface area contributed by atoms with Gasteiger partial charge in [-0.05, 0) is 45.4 Å². The van der Waals surface area contributed by atoms with Gasteiger partial charge in [-0.15, -0.1) is 5.76 Å². The predicted octanol–water partition coefficient (Wildman–Crippen LogP) is 3.44. The first kappa shape index (κ1) is 40.6. The zero-order valence-corrected chi connectivity index (χ0v) is 30.2. The number of ketones is 1. The van der Waals surface area contributed by atoms with Gasteiger partial charge in [0.05, 0.1) is 13.1 Å². The number of ether oxygens (including phenoxy) is 4. The molecular formula is C40H46N2O10. The van der Waals surface area contributed by atoms with E-state index in [0.717, 1.165) is 5.71 Å².